The second-order valence-electron chi connectivity index (χ2n) is 8.71. The van der Waals surface area contributed by atoms with Crippen LogP contribution in [-0.2, 0) is 26.6 Å². The number of aryl methyl sites for hydroxylation is 1. The van der Waals surface area contributed by atoms with Gasteiger partial charge < -0.3 is 14.6 Å². The van der Waals surface area contributed by atoms with Crippen LogP contribution in [0.2, 0.25) is 0 Å². The van der Waals surface area contributed by atoms with Gasteiger partial charge in [-0.15, -0.1) is 0 Å². The van der Waals surface area contributed by atoms with Crippen LogP contribution in [-0.4, -0.2) is 78.5 Å². The zero-order valence-electron chi connectivity index (χ0n) is 19.1. The van der Waals surface area contributed by atoms with Crippen LogP contribution in [0.4, 0.5) is 0 Å². The third kappa shape index (κ3) is 5.81. The van der Waals surface area contributed by atoms with Crippen LogP contribution in [0.3, 0.4) is 0 Å². The van der Waals surface area contributed by atoms with Crippen LogP contribution in [0.5, 0.6) is 0 Å². The number of nitrogens with zero attached hydrogens (tertiary/aromatic N) is 4. The molecule has 2 fully saturated rings. The van der Waals surface area contributed by atoms with Crippen LogP contribution >= 0.6 is 0 Å². The number of imidazole rings is 1. The van der Waals surface area contributed by atoms with E-state index in [1.54, 1.807) is 11.6 Å². The first-order valence-corrected chi connectivity index (χ1v) is 13.0. The number of benzene rings is 1. The molecule has 10 heteroatoms. The number of hydrogen-bond acceptors (Lipinski definition) is 6. The molecular formula is C23H33N5O4S. The van der Waals surface area contributed by atoms with E-state index in [9.17, 15) is 13.2 Å². The van der Waals surface area contributed by atoms with Crippen molar-refractivity contribution >= 4 is 15.9 Å². The summed E-state index contributed by atoms with van der Waals surface area (Å²) in [7, 11) is -2.16. The number of ether oxygens (including phenoxy) is 1. The lowest BCUT2D eigenvalue weighted by Gasteiger charge is -2.35. The van der Waals surface area contributed by atoms with E-state index in [-0.39, 0.29) is 17.4 Å². The SMILES string of the molecule is Cn1cnc(S(=O)(=O)N2CCCN(C3CCOCC3)CCNC(=O)CC2c2ccccc2)c1. The van der Waals surface area contributed by atoms with Gasteiger partial charge in [0.15, 0.2) is 5.03 Å². The number of hydrogen-bond donors (Lipinski definition) is 1. The average molecular weight is 476 g/mol. The number of carbonyl (C=O) groups excluding carboxylic acids is 1. The highest BCUT2D eigenvalue weighted by molar-refractivity contribution is 7.89. The molecule has 1 amide bonds. The van der Waals surface area contributed by atoms with Gasteiger partial charge in [-0.25, -0.2) is 13.4 Å². The van der Waals surface area contributed by atoms with Gasteiger partial charge in [0.1, 0.15) is 0 Å². The van der Waals surface area contributed by atoms with E-state index in [0.717, 1.165) is 44.7 Å². The van der Waals surface area contributed by atoms with Crippen molar-refractivity contribution in [3.05, 3.63) is 48.4 Å². The molecular weight excluding hydrogens is 442 g/mol. The van der Waals surface area contributed by atoms with Gasteiger partial charge in [0.2, 0.25) is 5.91 Å². The van der Waals surface area contributed by atoms with Gasteiger partial charge in [-0.3, -0.25) is 9.69 Å². The van der Waals surface area contributed by atoms with Crippen molar-refractivity contribution in [3.8, 4) is 0 Å². The predicted octanol–water partition coefficient (Wildman–Crippen LogP) is 1.54. The van der Waals surface area contributed by atoms with Crippen molar-refractivity contribution in [2.45, 2.75) is 42.8 Å². The van der Waals surface area contributed by atoms with Gasteiger partial charge in [0.05, 0.1) is 12.4 Å². The molecule has 0 bridgehead atoms. The summed E-state index contributed by atoms with van der Waals surface area (Å²) in [4.78, 5) is 19.4. The first-order valence-electron chi connectivity index (χ1n) is 11.6. The zero-order chi connectivity index (χ0) is 23.3. The molecule has 4 rings (SSSR count). The summed E-state index contributed by atoms with van der Waals surface area (Å²) in [6, 6.07) is 9.18. The quantitative estimate of drug-likeness (QED) is 0.721. The largest absolute Gasteiger partial charge is 0.381 e. The standard InChI is InChI=1S/C23H33N5O4S/c1-26-17-23(25-18-26)33(30,31)28-12-5-11-27(20-8-14-32-15-9-20)13-10-24-22(29)16-21(28)19-6-3-2-4-7-19/h2-4,6-7,17-18,20-21H,5,8-16H2,1H3,(H,24,29). The molecule has 0 aliphatic carbocycles. The summed E-state index contributed by atoms with van der Waals surface area (Å²) in [5.41, 5.74) is 0.799. The number of nitrogens with one attached hydrogen (secondary N) is 1. The Hall–Kier alpha value is -2.27. The number of aromatic nitrogens is 2. The summed E-state index contributed by atoms with van der Waals surface area (Å²) in [6.07, 6.45) is 5.63. The molecule has 180 valence electrons. The monoisotopic (exact) mass is 475 g/mol. The summed E-state index contributed by atoms with van der Waals surface area (Å²) >= 11 is 0. The fourth-order valence-electron chi connectivity index (χ4n) is 4.69. The van der Waals surface area contributed by atoms with Gasteiger partial charge in [-0.2, -0.15) is 4.31 Å². The van der Waals surface area contributed by atoms with Gasteiger partial charge in [-0.1, -0.05) is 30.3 Å². The van der Waals surface area contributed by atoms with E-state index in [2.05, 4.69) is 15.2 Å². The Kier molecular flexibility index (Phi) is 7.79. The third-order valence-corrected chi connectivity index (χ3v) is 8.21. The van der Waals surface area contributed by atoms with Gasteiger partial charge >= 0.3 is 0 Å². The maximum Gasteiger partial charge on any atom is 0.262 e. The highest BCUT2D eigenvalue weighted by atomic mass is 32.2. The Morgan fingerprint density at radius 3 is 2.55 bits per heavy atom. The van der Waals surface area contributed by atoms with Crippen molar-refractivity contribution in [2.24, 2.45) is 7.05 Å². The summed E-state index contributed by atoms with van der Waals surface area (Å²) in [6.45, 7) is 3.85. The topological polar surface area (TPSA) is 96.8 Å². The lowest BCUT2D eigenvalue weighted by molar-refractivity contribution is -0.122. The van der Waals surface area contributed by atoms with Crippen LogP contribution in [0.15, 0.2) is 47.9 Å². The molecule has 1 aromatic carbocycles. The first-order chi connectivity index (χ1) is 15.9. The molecule has 2 aliphatic heterocycles. The fourth-order valence-corrected chi connectivity index (χ4v) is 6.31. The lowest BCUT2D eigenvalue weighted by Crippen LogP contribution is -2.44. The van der Waals surface area contributed by atoms with E-state index in [0.29, 0.717) is 25.6 Å². The molecule has 3 heterocycles. The second kappa shape index (κ2) is 10.8. The van der Waals surface area contributed by atoms with Crippen LogP contribution in [0.25, 0.3) is 0 Å². The van der Waals surface area contributed by atoms with Gasteiger partial charge in [0.25, 0.3) is 10.0 Å². The Morgan fingerprint density at radius 1 is 1.09 bits per heavy atom. The predicted molar refractivity (Wildman–Crippen MR) is 124 cm³/mol. The molecule has 1 aromatic heterocycles. The van der Waals surface area contributed by atoms with Crippen molar-refractivity contribution in [1.29, 1.82) is 0 Å². The fraction of sp³-hybridized carbons (Fsp3) is 0.565. The average Bonchev–Trinajstić information content (AvgIpc) is 3.26. The minimum absolute atomic E-state index is 0.00231. The van der Waals surface area contributed by atoms with E-state index >= 15 is 0 Å². The minimum Gasteiger partial charge on any atom is -0.381 e. The zero-order valence-corrected chi connectivity index (χ0v) is 19.9. The van der Waals surface area contributed by atoms with Crippen molar-refractivity contribution in [1.82, 2.24) is 24.1 Å². The maximum atomic E-state index is 13.7. The lowest BCUT2D eigenvalue weighted by atomic mass is 10.0. The highest BCUT2D eigenvalue weighted by Crippen LogP contribution is 2.30. The second-order valence-corrected chi connectivity index (χ2v) is 10.5. The molecule has 1 N–H and O–H groups in total. The Labute approximate surface area is 195 Å². The Bertz CT molecular complexity index is 1020. The van der Waals surface area contributed by atoms with Crippen LogP contribution in [0.1, 0.15) is 37.3 Å². The van der Waals surface area contributed by atoms with Crippen molar-refractivity contribution < 1.29 is 17.9 Å². The number of carbonyl (C=O) groups is 1. The Balaban J connectivity index is 1.65. The molecule has 0 radical (unpaired) electrons. The van der Waals surface area contributed by atoms with Gasteiger partial charge in [0, 0.05) is 58.6 Å². The van der Waals surface area contributed by atoms with Gasteiger partial charge in [-0.05, 0) is 31.4 Å². The molecule has 2 aromatic rings. The third-order valence-electron chi connectivity index (χ3n) is 6.42. The molecule has 9 nitrogen and oxygen atoms in total. The molecule has 1 atom stereocenters. The Morgan fingerprint density at radius 2 is 1.85 bits per heavy atom. The minimum atomic E-state index is -3.90. The number of amides is 1. The van der Waals surface area contributed by atoms with E-state index < -0.39 is 16.1 Å². The van der Waals surface area contributed by atoms with Crippen molar-refractivity contribution in [2.75, 3.05) is 39.4 Å². The molecule has 0 spiro atoms. The molecule has 0 saturated carbocycles. The summed E-state index contributed by atoms with van der Waals surface area (Å²) in [5, 5.41) is 3.01. The van der Waals surface area contributed by atoms with E-state index in [4.69, 9.17) is 4.74 Å². The molecule has 2 saturated heterocycles. The van der Waals surface area contributed by atoms with Crippen molar-refractivity contribution in [3.63, 3.8) is 0 Å². The normalized spacial score (nSPS) is 23.1. The molecule has 1 unspecified atom stereocenters. The summed E-state index contributed by atoms with van der Waals surface area (Å²) in [5.74, 6) is -0.154. The first kappa shape index (κ1) is 23.9. The molecule has 33 heavy (non-hydrogen) atoms. The van der Waals surface area contributed by atoms with Crippen LogP contribution in [0, 0.1) is 0 Å². The smallest absolute Gasteiger partial charge is 0.262 e. The maximum absolute atomic E-state index is 13.7. The van der Waals surface area contributed by atoms with E-state index in [1.807, 2.05) is 30.3 Å². The van der Waals surface area contributed by atoms with E-state index in [1.165, 1.54) is 16.8 Å². The number of sulfonamides is 1. The summed E-state index contributed by atoms with van der Waals surface area (Å²) < 4.78 is 36.0. The highest BCUT2D eigenvalue weighted by Gasteiger charge is 2.35. The number of rotatable bonds is 4. The molecule has 2 aliphatic rings. The van der Waals surface area contributed by atoms with Crippen LogP contribution < -0.4 is 5.32 Å².